The van der Waals surface area contributed by atoms with Gasteiger partial charge in [0.2, 0.25) is 11.8 Å². The van der Waals surface area contributed by atoms with Gasteiger partial charge in [0.15, 0.2) is 5.96 Å². The SMILES string of the molecule is CCNC(=NCc1nc(C)c(C)o1)NCCN1CCN(C(C)=O)CC1.I. The number of rotatable bonds is 6. The third-order valence-electron chi connectivity index (χ3n) is 4.33. The van der Waals surface area contributed by atoms with E-state index in [1.165, 1.54) is 0 Å². The third kappa shape index (κ3) is 7.10. The van der Waals surface area contributed by atoms with Gasteiger partial charge in [0.25, 0.3) is 0 Å². The average Bonchev–Trinajstić information content (AvgIpc) is 2.91. The first-order chi connectivity index (χ1) is 12.0. The molecule has 148 valence electrons. The quantitative estimate of drug-likeness (QED) is 0.362. The number of nitrogens with one attached hydrogen (secondary N) is 2. The number of oxazole rings is 1. The molecule has 1 aliphatic rings. The molecule has 1 aliphatic heterocycles. The van der Waals surface area contributed by atoms with Crippen molar-refractivity contribution in [2.75, 3.05) is 45.8 Å². The van der Waals surface area contributed by atoms with E-state index in [1.54, 1.807) is 6.92 Å². The molecule has 1 aromatic rings. The fourth-order valence-corrected chi connectivity index (χ4v) is 2.71. The van der Waals surface area contributed by atoms with Crippen LogP contribution in [-0.4, -0.2) is 72.5 Å². The van der Waals surface area contributed by atoms with Gasteiger partial charge in [0.1, 0.15) is 12.3 Å². The third-order valence-corrected chi connectivity index (χ3v) is 4.33. The molecule has 0 aromatic carbocycles. The monoisotopic (exact) mass is 478 g/mol. The van der Waals surface area contributed by atoms with Crippen molar-refractivity contribution >= 4 is 35.8 Å². The second-order valence-electron chi connectivity index (χ2n) is 6.22. The zero-order chi connectivity index (χ0) is 18.2. The van der Waals surface area contributed by atoms with E-state index in [9.17, 15) is 4.79 Å². The topological polar surface area (TPSA) is 86.0 Å². The molecule has 0 atom stereocenters. The Kier molecular flexibility index (Phi) is 9.92. The summed E-state index contributed by atoms with van der Waals surface area (Å²) in [7, 11) is 0. The van der Waals surface area contributed by atoms with Gasteiger partial charge in [0.05, 0.1) is 5.69 Å². The normalized spacial score (nSPS) is 15.5. The molecule has 2 rings (SSSR count). The summed E-state index contributed by atoms with van der Waals surface area (Å²) in [6, 6.07) is 0. The zero-order valence-electron chi connectivity index (χ0n) is 16.2. The minimum Gasteiger partial charge on any atom is -0.444 e. The molecule has 0 spiro atoms. The van der Waals surface area contributed by atoms with Gasteiger partial charge in [-0.2, -0.15) is 0 Å². The van der Waals surface area contributed by atoms with Crippen molar-refractivity contribution in [3.63, 3.8) is 0 Å². The van der Waals surface area contributed by atoms with E-state index in [0.717, 1.165) is 63.2 Å². The summed E-state index contributed by atoms with van der Waals surface area (Å²) in [5.41, 5.74) is 0.910. The van der Waals surface area contributed by atoms with Crippen molar-refractivity contribution in [2.24, 2.45) is 4.99 Å². The molecule has 0 bridgehead atoms. The molecule has 8 nitrogen and oxygen atoms in total. The first-order valence-electron chi connectivity index (χ1n) is 8.92. The van der Waals surface area contributed by atoms with Crippen LogP contribution >= 0.6 is 24.0 Å². The van der Waals surface area contributed by atoms with E-state index in [4.69, 9.17) is 4.42 Å². The number of amides is 1. The Morgan fingerprint density at radius 3 is 2.46 bits per heavy atom. The second-order valence-corrected chi connectivity index (χ2v) is 6.22. The lowest BCUT2D eigenvalue weighted by Gasteiger charge is -2.34. The number of halogens is 1. The van der Waals surface area contributed by atoms with Crippen LogP contribution in [0.5, 0.6) is 0 Å². The number of nitrogens with zero attached hydrogens (tertiary/aromatic N) is 4. The largest absolute Gasteiger partial charge is 0.444 e. The van der Waals surface area contributed by atoms with Gasteiger partial charge < -0.3 is 20.0 Å². The molecular weight excluding hydrogens is 447 g/mol. The van der Waals surface area contributed by atoms with Gasteiger partial charge in [-0.1, -0.05) is 0 Å². The van der Waals surface area contributed by atoms with Gasteiger partial charge in [-0.15, -0.1) is 24.0 Å². The summed E-state index contributed by atoms with van der Waals surface area (Å²) >= 11 is 0. The van der Waals surface area contributed by atoms with E-state index in [1.807, 2.05) is 25.7 Å². The van der Waals surface area contributed by atoms with Crippen LogP contribution in [0.15, 0.2) is 9.41 Å². The van der Waals surface area contributed by atoms with Crippen LogP contribution in [0, 0.1) is 13.8 Å². The molecule has 1 amide bonds. The highest BCUT2D eigenvalue weighted by Gasteiger charge is 2.17. The molecule has 0 aliphatic carbocycles. The second kappa shape index (κ2) is 11.4. The molecule has 1 saturated heterocycles. The average molecular weight is 478 g/mol. The Labute approximate surface area is 172 Å². The molecule has 0 saturated carbocycles. The van der Waals surface area contributed by atoms with Crippen molar-refractivity contribution in [2.45, 2.75) is 34.2 Å². The highest BCUT2D eigenvalue weighted by Crippen LogP contribution is 2.08. The van der Waals surface area contributed by atoms with Gasteiger partial charge in [-0.3, -0.25) is 9.69 Å². The number of carbonyl (C=O) groups is 1. The van der Waals surface area contributed by atoms with Crippen LogP contribution in [0.1, 0.15) is 31.2 Å². The Morgan fingerprint density at radius 2 is 1.92 bits per heavy atom. The molecule has 9 heteroatoms. The molecule has 0 radical (unpaired) electrons. The Bertz CT molecular complexity index is 577. The summed E-state index contributed by atoms with van der Waals surface area (Å²) < 4.78 is 5.56. The van der Waals surface area contributed by atoms with Gasteiger partial charge in [-0.05, 0) is 20.8 Å². The smallest absolute Gasteiger partial charge is 0.219 e. The summed E-state index contributed by atoms with van der Waals surface area (Å²) in [5.74, 6) is 2.40. The number of carbonyl (C=O) groups excluding carboxylic acids is 1. The molecular formula is C17H31IN6O2. The molecule has 26 heavy (non-hydrogen) atoms. The number of aryl methyl sites for hydroxylation is 2. The molecule has 1 aromatic heterocycles. The van der Waals surface area contributed by atoms with Gasteiger partial charge in [-0.25, -0.2) is 9.98 Å². The van der Waals surface area contributed by atoms with Crippen molar-refractivity contribution in [3.8, 4) is 0 Å². The number of guanidine groups is 1. The van der Waals surface area contributed by atoms with Crippen molar-refractivity contribution in [1.29, 1.82) is 0 Å². The van der Waals surface area contributed by atoms with E-state index in [0.29, 0.717) is 12.4 Å². The van der Waals surface area contributed by atoms with Gasteiger partial charge >= 0.3 is 0 Å². The first kappa shape index (κ1) is 22.7. The maximum absolute atomic E-state index is 11.4. The van der Waals surface area contributed by atoms with Crippen LogP contribution < -0.4 is 10.6 Å². The van der Waals surface area contributed by atoms with Crippen LogP contribution in [0.3, 0.4) is 0 Å². The minimum absolute atomic E-state index is 0. The predicted molar refractivity (Wildman–Crippen MR) is 113 cm³/mol. The Balaban J connectivity index is 0.00000338. The Morgan fingerprint density at radius 1 is 1.23 bits per heavy atom. The number of piperazine rings is 1. The lowest BCUT2D eigenvalue weighted by molar-refractivity contribution is -0.130. The number of hydrogen-bond donors (Lipinski definition) is 2. The highest BCUT2D eigenvalue weighted by atomic mass is 127. The fraction of sp³-hybridized carbons (Fsp3) is 0.706. The minimum atomic E-state index is 0. The van der Waals surface area contributed by atoms with Crippen LogP contribution in [0.4, 0.5) is 0 Å². The number of aliphatic imine (C=N–C) groups is 1. The summed E-state index contributed by atoms with van der Waals surface area (Å²) in [6.45, 7) is 13.9. The van der Waals surface area contributed by atoms with Crippen molar-refractivity contribution < 1.29 is 9.21 Å². The van der Waals surface area contributed by atoms with Crippen LogP contribution in [0.2, 0.25) is 0 Å². The first-order valence-corrected chi connectivity index (χ1v) is 8.92. The Hall–Kier alpha value is -1.36. The number of aromatic nitrogens is 1. The molecule has 2 heterocycles. The van der Waals surface area contributed by atoms with Crippen LogP contribution in [-0.2, 0) is 11.3 Å². The zero-order valence-corrected chi connectivity index (χ0v) is 18.5. The van der Waals surface area contributed by atoms with Gasteiger partial charge in [0, 0.05) is 52.7 Å². The lowest BCUT2D eigenvalue weighted by atomic mass is 10.3. The maximum atomic E-state index is 11.4. The van der Waals surface area contributed by atoms with E-state index in [2.05, 4.69) is 25.5 Å². The van der Waals surface area contributed by atoms with E-state index >= 15 is 0 Å². The molecule has 2 N–H and O–H groups in total. The molecule has 1 fully saturated rings. The standard InChI is InChI=1S/C17H30N6O2.HI/c1-5-18-17(20-12-16-21-13(2)14(3)25-16)19-6-7-22-8-10-23(11-9-22)15(4)24;/h5-12H2,1-4H3,(H2,18,19,20);1H. The van der Waals surface area contributed by atoms with Crippen molar-refractivity contribution in [3.05, 3.63) is 17.3 Å². The van der Waals surface area contributed by atoms with Crippen molar-refractivity contribution in [1.82, 2.24) is 25.4 Å². The highest BCUT2D eigenvalue weighted by molar-refractivity contribution is 14.0. The maximum Gasteiger partial charge on any atom is 0.219 e. The molecule has 0 unspecified atom stereocenters. The van der Waals surface area contributed by atoms with Crippen LogP contribution in [0.25, 0.3) is 0 Å². The fourth-order valence-electron chi connectivity index (χ4n) is 2.71. The summed E-state index contributed by atoms with van der Waals surface area (Å²) in [5, 5.41) is 6.57. The van der Waals surface area contributed by atoms with E-state index < -0.39 is 0 Å². The van der Waals surface area contributed by atoms with E-state index in [-0.39, 0.29) is 29.9 Å². The summed E-state index contributed by atoms with van der Waals surface area (Å²) in [4.78, 5) is 24.5. The summed E-state index contributed by atoms with van der Waals surface area (Å²) in [6.07, 6.45) is 0. The predicted octanol–water partition coefficient (Wildman–Crippen LogP) is 1.13. The lowest BCUT2D eigenvalue weighted by Crippen LogP contribution is -2.50. The number of hydrogen-bond acceptors (Lipinski definition) is 5.